The molecule has 0 radical (unpaired) electrons. The Morgan fingerprint density at radius 2 is 2.27 bits per heavy atom. The molecule has 0 aliphatic heterocycles. The molecule has 1 unspecified atom stereocenters. The number of nitrogens with two attached hydrogens (primary N) is 1. The van der Waals surface area contributed by atoms with Crippen molar-refractivity contribution in [2.45, 2.75) is 26.5 Å². The Bertz CT molecular complexity index is 438. The van der Waals surface area contributed by atoms with Crippen molar-refractivity contribution >= 4 is 17.2 Å². The van der Waals surface area contributed by atoms with E-state index < -0.39 is 6.10 Å². The first-order chi connectivity index (χ1) is 6.93. The molecule has 0 saturated carbocycles. The molecule has 1 heterocycles. The normalized spacial score (nSPS) is 12.5. The second kappa shape index (κ2) is 4.55. The molecule has 0 amide bonds. The van der Waals surface area contributed by atoms with Crippen LogP contribution in [0.1, 0.15) is 18.2 Å². The van der Waals surface area contributed by atoms with Crippen molar-refractivity contribution in [3.63, 3.8) is 0 Å². The van der Waals surface area contributed by atoms with E-state index in [9.17, 15) is 9.90 Å². The van der Waals surface area contributed by atoms with Crippen molar-refractivity contribution in [3.8, 4) is 0 Å². The molecule has 0 bridgehead atoms. The lowest BCUT2D eigenvalue weighted by Gasteiger charge is -2.12. The molecule has 0 aliphatic carbocycles. The van der Waals surface area contributed by atoms with E-state index in [0.29, 0.717) is 5.56 Å². The minimum Gasteiger partial charge on any atom is -0.392 e. The van der Waals surface area contributed by atoms with Crippen molar-refractivity contribution in [2.75, 3.05) is 0 Å². The van der Waals surface area contributed by atoms with Crippen molar-refractivity contribution in [3.05, 3.63) is 33.7 Å². The van der Waals surface area contributed by atoms with E-state index in [4.69, 9.17) is 18.0 Å². The van der Waals surface area contributed by atoms with Gasteiger partial charge in [-0.2, -0.15) is 0 Å². The summed E-state index contributed by atoms with van der Waals surface area (Å²) < 4.78 is 1.47. The van der Waals surface area contributed by atoms with Gasteiger partial charge in [-0.15, -0.1) is 0 Å². The van der Waals surface area contributed by atoms with Crippen LogP contribution in [0, 0.1) is 6.92 Å². The Morgan fingerprint density at radius 1 is 1.67 bits per heavy atom. The Morgan fingerprint density at radius 3 is 2.73 bits per heavy atom. The number of aromatic nitrogens is 1. The van der Waals surface area contributed by atoms with Crippen LogP contribution in [0.3, 0.4) is 0 Å². The number of thiocarbonyl (C=S) groups is 1. The van der Waals surface area contributed by atoms with Crippen LogP contribution < -0.4 is 11.3 Å². The highest BCUT2D eigenvalue weighted by Crippen LogP contribution is 2.00. The summed E-state index contributed by atoms with van der Waals surface area (Å²) in [5.74, 6) is 0. The number of nitrogens with zero attached hydrogens (tertiary/aromatic N) is 1. The topological polar surface area (TPSA) is 68.2 Å². The minimum atomic E-state index is -0.581. The average Bonchev–Trinajstić information content (AvgIpc) is 2.11. The Labute approximate surface area is 93.3 Å². The lowest BCUT2D eigenvalue weighted by Crippen LogP contribution is -2.32. The number of aliphatic hydroxyl groups is 1. The van der Waals surface area contributed by atoms with E-state index in [0.717, 1.165) is 5.69 Å². The highest BCUT2D eigenvalue weighted by molar-refractivity contribution is 7.80. The minimum absolute atomic E-state index is 0.0827. The van der Waals surface area contributed by atoms with Crippen molar-refractivity contribution in [1.82, 2.24) is 4.57 Å². The number of aryl methyl sites for hydroxylation is 1. The van der Waals surface area contributed by atoms with Crippen LogP contribution in [0.25, 0.3) is 0 Å². The summed E-state index contributed by atoms with van der Waals surface area (Å²) in [6, 6.07) is 3.37. The fourth-order valence-corrected chi connectivity index (χ4v) is 1.50. The molecule has 1 aromatic heterocycles. The third-order valence-electron chi connectivity index (χ3n) is 2.10. The van der Waals surface area contributed by atoms with Gasteiger partial charge in [-0.1, -0.05) is 12.2 Å². The molecule has 0 aliphatic rings. The quantitative estimate of drug-likeness (QED) is 0.721. The summed E-state index contributed by atoms with van der Waals surface area (Å²) >= 11 is 4.77. The van der Waals surface area contributed by atoms with E-state index in [2.05, 4.69) is 0 Å². The molecule has 5 heteroatoms. The molecule has 1 aromatic rings. The van der Waals surface area contributed by atoms with Gasteiger partial charge in [0.1, 0.15) is 4.99 Å². The third-order valence-corrected chi connectivity index (χ3v) is 2.32. The van der Waals surface area contributed by atoms with Gasteiger partial charge in [0.2, 0.25) is 0 Å². The highest BCUT2D eigenvalue weighted by atomic mass is 32.1. The fraction of sp³-hybridized carbons (Fsp3) is 0.400. The van der Waals surface area contributed by atoms with Gasteiger partial charge in [-0.3, -0.25) is 4.79 Å². The molecule has 15 heavy (non-hydrogen) atoms. The van der Waals surface area contributed by atoms with E-state index in [-0.39, 0.29) is 17.1 Å². The predicted molar refractivity (Wildman–Crippen MR) is 63.0 cm³/mol. The van der Waals surface area contributed by atoms with Gasteiger partial charge in [0, 0.05) is 5.69 Å². The number of pyridine rings is 1. The number of aliphatic hydroxyl groups excluding tert-OH is 1. The van der Waals surface area contributed by atoms with Crippen molar-refractivity contribution in [1.29, 1.82) is 0 Å². The first-order valence-corrected chi connectivity index (χ1v) is 5.02. The van der Waals surface area contributed by atoms with Crippen LogP contribution in [0.15, 0.2) is 16.9 Å². The second-order valence-electron chi connectivity index (χ2n) is 3.52. The molecule has 1 rings (SSSR count). The van der Waals surface area contributed by atoms with Crippen LogP contribution in [-0.4, -0.2) is 20.8 Å². The first kappa shape index (κ1) is 11.9. The average molecular weight is 226 g/mol. The number of rotatable bonds is 3. The Balaban J connectivity index is 3.31. The van der Waals surface area contributed by atoms with Crippen LogP contribution >= 0.6 is 12.2 Å². The summed E-state index contributed by atoms with van der Waals surface area (Å²) in [5.41, 5.74) is 6.27. The zero-order valence-electron chi connectivity index (χ0n) is 8.73. The highest BCUT2D eigenvalue weighted by Gasteiger charge is 2.09. The largest absolute Gasteiger partial charge is 0.392 e. The lowest BCUT2D eigenvalue weighted by atomic mass is 10.2. The van der Waals surface area contributed by atoms with Crippen LogP contribution in [0.4, 0.5) is 0 Å². The second-order valence-corrected chi connectivity index (χ2v) is 3.96. The molecule has 0 aromatic carbocycles. The molecule has 82 valence electrons. The third kappa shape index (κ3) is 2.64. The van der Waals surface area contributed by atoms with Gasteiger partial charge >= 0.3 is 0 Å². The number of hydrogen-bond acceptors (Lipinski definition) is 3. The summed E-state index contributed by atoms with van der Waals surface area (Å²) in [6.07, 6.45) is -0.581. The van der Waals surface area contributed by atoms with Crippen molar-refractivity contribution < 1.29 is 5.11 Å². The zero-order chi connectivity index (χ0) is 11.6. The Hall–Kier alpha value is -1.20. The SMILES string of the molecule is Cc1ccc(C(N)=S)c(=O)n1CC(C)O. The molecule has 0 spiro atoms. The number of hydrogen-bond donors (Lipinski definition) is 2. The van der Waals surface area contributed by atoms with E-state index in [1.54, 1.807) is 26.0 Å². The molecule has 3 N–H and O–H groups in total. The van der Waals surface area contributed by atoms with Crippen LogP contribution in [0.2, 0.25) is 0 Å². The smallest absolute Gasteiger partial charge is 0.261 e. The van der Waals surface area contributed by atoms with Gasteiger partial charge in [0.15, 0.2) is 0 Å². The molecular weight excluding hydrogens is 212 g/mol. The van der Waals surface area contributed by atoms with E-state index in [1.165, 1.54) is 4.57 Å². The first-order valence-electron chi connectivity index (χ1n) is 4.61. The van der Waals surface area contributed by atoms with Gasteiger partial charge in [-0.25, -0.2) is 0 Å². The maximum absolute atomic E-state index is 11.9. The molecule has 4 nitrogen and oxygen atoms in total. The lowest BCUT2D eigenvalue weighted by molar-refractivity contribution is 0.171. The zero-order valence-corrected chi connectivity index (χ0v) is 9.54. The molecular formula is C10H14N2O2S. The maximum atomic E-state index is 11.9. The monoisotopic (exact) mass is 226 g/mol. The van der Waals surface area contributed by atoms with Gasteiger partial charge in [0.25, 0.3) is 5.56 Å². The van der Waals surface area contributed by atoms with E-state index >= 15 is 0 Å². The predicted octanol–water partition coefficient (Wildman–Crippen LogP) is 0.172. The van der Waals surface area contributed by atoms with E-state index in [1.807, 2.05) is 0 Å². The Kier molecular flexibility index (Phi) is 3.60. The van der Waals surface area contributed by atoms with Crippen molar-refractivity contribution in [2.24, 2.45) is 5.73 Å². The van der Waals surface area contributed by atoms with Crippen LogP contribution in [-0.2, 0) is 6.54 Å². The van der Waals surface area contributed by atoms with Gasteiger partial charge in [-0.05, 0) is 26.0 Å². The summed E-state index contributed by atoms with van der Waals surface area (Å²) in [6.45, 7) is 3.67. The summed E-state index contributed by atoms with van der Waals surface area (Å²) in [7, 11) is 0. The van der Waals surface area contributed by atoms with Gasteiger partial charge in [0.05, 0.1) is 18.2 Å². The van der Waals surface area contributed by atoms with Crippen LogP contribution in [0.5, 0.6) is 0 Å². The summed E-state index contributed by atoms with van der Waals surface area (Å²) in [4.78, 5) is 11.9. The molecule has 0 saturated heterocycles. The molecule has 1 atom stereocenters. The molecule has 0 fully saturated rings. The summed E-state index contributed by atoms with van der Waals surface area (Å²) in [5, 5.41) is 9.26. The standard InChI is InChI=1S/C10H14N2O2S/c1-6-3-4-8(9(11)15)10(14)12(6)5-7(2)13/h3-4,7,13H,5H2,1-2H3,(H2,11,15). The fourth-order valence-electron chi connectivity index (χ4n) is 1.35. The van der Waals surface area contributed by atoms with Gasteiger partial charge < -0.3 is 15.4 Å². The maximum Gasteiger partial charge on any atom is 0.261 e.